The lowest BCUT2D eigenvalue weighted by atomic mass is 9.84. The standard InChI is InChI=1S/C39H41N3O2/c1-3-5-29-40(33-15-9-7-10-16-33)35-25-21-31(22-26-35)39(37-19-13-14-20-38(37)42(43)44)32-23-27-36(28-24-32)41(30-6-4-2)34-17-11-8-12-18-34/h7-28,39H,3-6,29-30H2,1-2H3. The van der Waals surface area contributed by atoms with E-state index < -0.39 is 0 Å². The van der Waals surface area contributed by atoms with Crippen molar-refractivity contribution in [1.82, 2.24) is 0 Å². The van der Waals surface area contributed by atoms with Crippen LogP contribution in [0.4, 0.5) is 28.4 Å². The van der Waals surface area contributed by atoms with Gasteiger partial charge in [-0.2, -0.15) is 0 Å². The summed E-state index contributed by atoms with van der Waals surface area (Å²) < 4.78 is 0. The van der Waals surface area contributed by atoms with Gasteiger partial charge in [0.2, 0.25) is 0 Å². The number of unbranched alkanes of at least 4 members (excludes halogenated alkanes) is 2. The molecule has 0 aliphatic heterocycles. The second-order valence-electron chi connectivity index (χ2n) is 11.1. The van der Waals surface area contributed by atoms with Gasteiger partial charge in [-0.15, -0.1) is 0 Å². The van der Waals surface area contributed by atoms with Gasteiger partial charge in [0, 0.05) is 53.4 Å². The fourth-order valence-electron chi connectivity index (χ4n) is 5.81. The maximum Gasteiger partial charge on any atom is 0.273 e. The van der Waals surface area contributed by atoms with Gasteiger partial charge in [-0.1, -0.05) is 106 Å². The Kier molecular flexibility index (Phi) is 10.4. The van der Waals surface area contributed by atoms with E-state index in [9.17, 15) is 10.1 Å². The first-order valence-corrected chi connectivity index (χ1v) is 15.7. The Morgan fingerprint density at radius 3 is 1.34 bits per heavy atom. The van der Waals surface area contributed by atoms with Crippen molar-refractivity contribution >= 4 is 28.4 Å². The third kappa shape index (κ3) is 7.17. The molecule has 0 atom stereocenters. The molecule has 0 bridgehead atoms. The van der Waals surface area contributed by atoms with E-state index in [4.69, 9.17) is 0 Å². The molecule has 0 heterocycles. The average molecular weight is 584 g/mol. The van der Waals surface area contributed by atoms with E-state index in [1.54, 1.807) is 12.1 Å². The second-order valence-corrected chi connectivity index (χ2v) is 11.1. The number of nitrogens with zero attached hydrogens (tertiary/aromatic N) is 3. The van der Waals surface area contributed by atoms with Gasteiger partial charge in [0.05, 0.1) is 4.92 Å². The molecular weight excluding hydrogens is 542 g/mol. The minimum absolute atomic E-state index is 0.133. The number of hydrogen-bond donors (Lipinski definition) is 0. The summed E-state index contributed by atoms with van der Waals surface area (Å²) in [5.41, 5.74) is 7.40. The first-order valence-electron chi connectivity index (χ1n) is 15.7. The molecule has 0 unspecified atom stereocenters. The van der Waals surface area contributed by atoms with Crippen LogP contribution in [-0.2, 0) is 0 Å². The molecular formula is C39H41N3O2. The predicted octanol–water partition coefficient (Wildman–Crippen LogP) is 10.7. The van der Waals surface area contributed by atoms with E-state index >= 15 is 0 Å². The predicted molar refractivity (Wildman–Crippen MR) is 184 cm³/mol. The molecule has 0 saturated carbocycles. The Hall–Kier alpha value is -4.90. The van der Waals surface area contributed by atoms with Crippen LogP contribution < -0.4 is 9.80 Å². The van der Waals surface area contributed by atoms with Gasteiger partial charge < -0.3 is 9.80 Å². The van der Waals surface area contributed by atoms with Crippen molar-refractivity contribution in [1.29, 1.82) is 0 Å². The highest BCUT2D eigenvalue weighted by molar-refractivity contribution is 5.66. The maximum absolute atomic E-state index is 12.2. The second kappa shape index (κ2) is 15.0. The lowest BCUT2D eigenvalue weighted by Gasteiger charge is -2.27. The summed E-state index contributed by atoms with van der Waals surface area (Å²) in [5, 5.41) is 12.2. The fraction of sp³-hybridized carbons (Fsp3) is 0.231. The van der Waals surface area contributed by atoms with Gasteiger partial charge in [-0.05, 0) is 72.5 Å². The Morgan fingerprint density at radius 1 is 0.545 bits per heavy atom. The lowest BCUT2D eigenvalue weighted by Crippen LogP contribution is -2.18. The summed E-state index contributed by atoms with van der Waals surface area (Å²) in [6, 6.07) is 45.1. The Morgan fingerprint density at radius 2 is 0.932 bits per heavy atom. The number of para-hydroxylation sites is 3. The van der Waals surface area contributed by atoms with E-state index in [0.717, 1.165) is 72.6 Å². The van der Waals surface area contributed by atoms with Gasteiger partial charge in [-0.3, -0.25) is 10.1 Å². The molecule has 0 saturated heterocycles. The van der Waals surface area contributed by atoms with Crippen LogP contribution in [0.5, 0.6) is 0 Å². The molecule has 44 heavy (non-hydrogen) atoms. The summed E-state index contributed by atoms with van der Waals surface area (Å²) in [7, 11) is 0. The van der Waals surface area contributed by atoms with Crippen molar-refractivity contribution in [2.75, 3.05) is 22.9 Å². The average Bonchev–Trinajstić information content (AvgIpc) is 3.07. The van der Waals surface area contributed by atoms with E-state index in [1.165, 1.54) is 0 Å². The number of anilines is 4. The number of hydrogen-bond acceptors (Lipinski definition) is 4. The zero-order valence-corrected chi connectivity index (χ0v) is 25.7. The number of benzene rings is 5. The van der Waals surface area contributed by atoms with Crippen LogP contribution in [0.2, 0.25) is 0 Å². The topological polar surface area (TPSA) is 49.6 Å². The van der Waals surface area contributed by atoms with Crippen molar-refractivity contribution < 1.29 is 4.92 Å². The SMILES string of the molecule is CCCCN(c1ccccc1)c1ccc(C(c2ccc(N(CCCC)c3ccccc3)cc2)c2ccccc2[N+](=O)[O-])cc1. The molecule has 0 aliphatic carbocycles. The van der Waals surface area contributed by atoms with Crippen LogP contribution in [0, 0.1) is 10.1 Å². The van der Waals surface area contributed by atoms with E-state index in [1.807, 2.05) is 24.3 Å². The molecule has 0 amide bonds. The molecule has 0 aromatic heterocycles. The minimum Gasteiger partial charge on any atom is -0.341 e. The van der Waals surface area contributed by atoms with Gasteiger partial charge in [0.1, 0.15) is 0 Å². The monoisotopic (exact) mass is 583 g/mol. The largest absolute Gasteiger partial charge is 0.341 e. The van der Waals surface area contributed by atoms with Crippen molar-refractivity contribution in [2.24, 2.45) is 0 Å². The zero-order chi connectivity index (χ0) is 30.7. The quantitative estimate of drug-likeness (QED) is 0.0741. The highest BCUT2D eigenvalue weighted by atomic mass is 16.6. The Labute approximate surface area is 261 Å². The van der Waals surface area contributed by atoms with Crippen LogP contribution in [-0.4, -0.2) is 18.0 Å². The molecule has 5 nitrogen and oxygen atoms in total. The van der Waals surface area contributed by atoms with Gasteiger partial charge in [-0.25, -0.2) is 0 Å². The fourth-order valence-corrected chi connectivity index (χ4v) is 5.81. The van der Waals surface area contributed by atoms with Crippen LogP contribution in [0.1, 0.15) is 62.1 Å². The summed E-state index contributed by atoms with van der Waals surface area (Å²) in [6.45, 7) is 6.26. The van der Waals surface area contributed by atoms with Crippen molar-refractivity contribution in [3.63, 3.8) is 0 Å². The molecule has 5 aromatic carbocycles. The smallest absolute Gasteiger partial charge is 0.273 e. The van der Waals surface area contributed by atoms with Crippen molar-refractivity contribution in [3.05, 3.63) is 160 Å². The molecule has 0 fully saturated rings. The van der Waals surface area contributed by atoms with E-state index in [2.05, 4.69) is 121 Å². The van der Waals surface area contributed by atoms with Crippen LogP contribution in [0.25, 0.3) is 0 Å². The molecule has 5 heteroatoms. The first-order chi connectivity index (χ1) is 21.6. The highest BCUT2D eigenvalue weighted by Gasteiger charge is 2.25. The molecule has 224 valence electrons. The third-order valence-electron chi connectivity index (χ3n) is 8.13. The van der Waals surface area contributed by atoms with E-state index in [-0.39, 0.29) is 16.5 Å². The maximum atomic E-state index is 12.2. The zero-order valence-electron chi connectivity index (χ0n) is 25.7. The molecule has 0 N–H and O–H groups in total. The van der Waals surface area contributed by atoms with Crippen molar-refractivity contribution in [3.8, 4) is 0 Å². The summed E-state index contributed by atoms with van der Waals surface area (Å²) in [5.74, 6) is -0.290. The Balaban J connectivity index is 1.54. The van der Waals surface area contributed by atoms with Crippen LogP contribution >= 0.6 is 0 Å². The van der Waals surface area contributed by atoms with Gasteiger partial charge >= 0.3 is 0 Å². The van der Waals surface area contributed by atoms with Crippen LogP contribution in [0.3, 0.4) is 0 Å². The first kappa shape index (κ1) is 30.6. The molecule has 5 rings (SSSR count). The number of nitro groups is 1. The van der Waals surface area contributed by atoms with Gasteiger partial charge in [0.15, 0.2) is 0 Å². The molecule has 0 aliphatic rings. The van der Waals surface area contributed by atoms with Gasteiger partial charge in [0.25, 0.3) is 5.69 Å². The summed E-state index contributed by atoms with van der Waals surface area (Å²) in [4.78, 5) is 16.6. The van der Waals surface area contributed by atoms with Crippen LogP contribution in [0.15, 0.2) is 133 Å². The lowest BCUT2D eigenvalue weighted by molar-refractivity contribution is -0.385. The van der Waals surface area contributed by atoms with E-state index in [0.29, 0.717) is 5.56 Å². The Bertz CT molecular complexity index is 1510. The normalized spacial score (nSPS) is 11.0. The summed E-state index contributed by atoms with van der Waals surface area (Å²) in [6.07, 6.45) is 4.38. The number of rotatable bonds is 14. The highest BCUT2D eigenvalue weighted by Crippen LogP contribution is 2.39. The van der Waals surface area contributed by atoms with Crippen molar-refractivity contribution in [2.45, 2.75) is 45.4 Å². The minimum atomic E-state index is -0.290. The number of nitro benzene ring substituents is 1. The molecule has 0 spiro atoms. The molecule has 5 aromatic rings. The third-order valence-corrected chi connectivity index (χ3v) is 8.13. The molecule has 0 radical (unpaired) electrons. The summed E-state index contributed by atoms with van der Waals surface area (Å²) >= 11 is 0.